The fraction of sp³-hybridized carbons (Fsp3) is 0.250. The van der Waals surface area contributed by atoms with Gasteiger partial charge in [-0.3, -0.25) is 0 Å². The number of likely N-dealkylation sites (N-methyl/N-ethyl adjacent to an activating group) is 1. The largest absolute Gasteiger partial charge is 0.319 e. The molecule has 20 heavy (non-hydrogen) atoms. The molecule has 0 bridgehead atoms. The smallest absolute Gasteiger partial charge is 0.142 e. The van der Waals surface area contributed by atoms with Gasteiger partial charge in [-0.05, 0) is 42.8 Å². The summed E-state index contributed by atoms with van der Waals surface area (Å²) in [5, 5.41) is 3.15. The molecule has 2 aromatic carbocycles. The van der Waals surface area contributed by atoms with Gasteiger partial charge in [0.2, 0.25) is 0 Å². The van der Waals surface area contributed by atoms with Crippen molar-refractivity contribution in [3.05, 3.63) is 70.2 Å². The van der Waals surface area contributed by atoms with Gasteiger partial charge in [0, 0.05) is 12.5 Å². The van der Waals surface area contributed by atoms with Crippen molar-refractivity contribution >= 4 is 11.6 Å². The Hall–Kier alpha value is -1.45. The molecule has 1 N–H and O–H groups in total. The summed E-state index contributed by atoms with van der Waals surface area (Å²) in [6.45, 7) is 0.616. The van der Waals surface area contributed by atoms with Crippen molar-refractivity contribution in [3.63, 3.8) is 0 Å². The zero-order valence-corrected chi connectivity index (χ0v) is 11.9. The molecule has 106 valence electrons. The van der Waals surface area contributed by atoms with Crippen LogP contribution in [0.3, 0.4) is 0 Å². The first-order valence-electron chi connectivity index (χ1n) is 6.44. The van der Waals surface area contributed by atoms with Gasteiger partial charge >= 0.3 is 0 Å². The molecule has 0 saturated heterocycles. The number of hydrogen-bond acceptors (Lipinski definition) is 1. The summed E-state index contributed by atoms with van der Waals surface area (Å²) < 4.78 is 27.4. The van der Waals surface area contributed by atoms with Gasteiger partial charge in [-0.2, -0.15) is 0 Å². The third kappa shape index (κ3) is 3.56. The van der Waals surface area contributed by atoms with Crippen LogP contribution >= 0.6 is 11.6 Å². The summed E-state index contributed by atoms with van der Waals surface area (Å²) in [6, 6.07) is 11.4. The van der Waals surface area contributed by atoms with E-state index in [0.717, 1.165) is 5.56 Å². The molecule has 0 saturated carbocycles. The third-order valence-electron chi connectivity index (χ3n) is 3.26. The summed E-state index contributed by atoms with van der Waals surface area (Å²) in [6.07, 6.45) is 0.551. The summed E-state index contributed by atoms with van der Waals surface area (Å²) in [5.41, 5.74) is 1.44. The maximum Gasteiger partial charge on any atom is 0.142 e. The molecule has 0 aliphatic carbocycles. The van der Waals surface area contributed by atoms with Crippen molar-refractivity contribution in [1.29, 1.82) is 0 Å². The van der Waals surface area contributed by atoms with E-state index in [4.69, 9.17) is 11.6 Å². The molecule has 0 fully saturated rings. The van der Waals surface area contributed by atoms with E-state index in [1.165, 1.54) is 18.2 Å². The number of rotatable bonds is 5. The lowest BCUT2D eigenvalue weighted by Gasteiger charge is -2.18. The zero-order chi connectivity index (χ0) is 14.5. The predicted octanol–water partition coefficient (Wildman–Crippen LogP) is 4.16. The van der Waals surface area contributed by atoms with Crippen LogP contribution in [0.4, 0.5) is 8.78 Å². The second-order valence-corrected chi connectivity index (χ2v) is 5.14. The van der Waals surface area contributed by atoms with E-state index in [2.05, 4.69) is 5.32 Å². The minimum absolute atomic E-state index is 0.0539. The fourth-order valence-corrected chi connectivity index (χ4v) is 2.41. The minimum atomic E-state index is -0.444. The van der Waals surface area contributed by atoms with Crippen LogP contribution in [0.5, 0.6) is 0 Å². The first kappa shape index (κ1) is 14.9. The molecule has 0 aromatic heterocycles. The van der Waals surface area contributed by atoms with Crippen molar-refractivity contribution in [1.82, 2.24) is 5.32 Å². The van der Waals surface area contributed by atoms with E-state index < -0.39 is 5.82 Å². The molecule has 0 radical (unpaired) electrons. The lowest BCUT2D eigenvalue weighted by atomic mass is 9.91. The average molecular weight is 296 g/mol. The Morgan fingerprint density at radius 3 is 2.50 bits per heavy atom. The number of benzene rings is 2. The topological polar surface area (TPSA) is 12.0 Å². The van der Waals surface area contributed by atoms with Crippen LogP contribution in [0, 0.1) is 11.6 Å². The normalized spacial score (nSPS) is 12.4. The minimum Gasteiger partial charge on any atom is -0.319 e. The Labute approximate surface area is 122 Å². The third-order valence-corrected chi connectivity index (χ3v) is 3.57. The van der Waals surface area contributed by atoms with Crippen molar-refractivity contribution in [3.8, 4) is 0 Å². The van der Waals surface area contributed by atoms with Crippen LogP contribution in [-0.4, -0.2) is 13.6 Å². The monoisotopic (exact) mass is 295 g/mol. The highest BCUT2D eigenvalue weighted by Crippen LogP contribution is 2.25. The van der Waals surface area contributed by atoms with E-state index in [9.17, 15) is 8.78 Å². The molecule has 2 rings (SSSR count). The lowest BCUT2D eigenvalue weighted by molar-refractivity contribution is 0.554. The molecule has 0 heterocycles. The standard InChI is InChI=1S/C16H16ClF2N/c1-20-10-12(13-4-2-3-5-15(13)18)8-11-6-7-14(17)16(19)9-11/h2-7,9,12,20H,8,10H2,1H3. The highest BCUT2D eigenvalue weighted by molar-refractivity contribution is 6.30. The van der Waals surface area contributed by atoms with Crippen molar-refractivity contribution in [2.75, 3.05) is 13.6 Å². The molecular weight excluding hydrogens is 280 g/mol. The van der Waals surface area contributed by atoms with E-state index >= 15 is 0 Å². The molecule has 1 unspecified atom stereocenters. The van der Waals surface area contributed by atoms with Crippen LogP contribution in [0.2, 0.25) is 5.02 Å². The predicted molar refractivity (Wildman–Crippen MR) is 78.2 cm³/mol. The van der Waals surface area contributed by atoms with E-state index in [1.807, 2.05) is 13.1 Å². The summed E-state index contributed by atoms with van der Waals surface area (Å²) >= 11 is 5.67. The molecule has 1 atom stereocenters. The lowest BCUT2D eigenvalue weighted by Crippen LogP contribution is -2.20. The highest BCUT2D eigenvalue weighted by atomic mass is 35.5. The van der Waals surface area contributed by atoms with Gasteiger partial charge in [0.15, 0.2) is 0 Å². The fourth-order valence-electron chi connectivity index (χ4n) is 2.30. The Balaban J connectivity index is 2.25. The van der Waals surface area contributed by atoms with Crippen LogP contribution in [0.1, 0.15) is 17.0 Å². The average Bonchev–Trinajstić information content (AvgIpc) is 2.43. The van der Waals surface area contributed by atoms with Crippen LogP contribution in [-0.2, 0) is 6.42 Å². The zero-order valence-electron chi connectivity index (χ0n) is 11.2. The maximum atomic E-state index is 13.9. The van der Waals surface area contributed by atoms with Gasteiger partial charge < -0.3 is 5.32 Å². The Morgan fingerprint density at radius 2 is 1.85 bits per heavy atom. The SMILES string of the molecule is CNCC(Cc1ccc(Cl)c(F)c1)c1ccccc1F. The van der Waals surface area contributed by atoms with Crippen molar-refractivity contribution < 1.29 is 8.78 Å². The Bertz CT molecular complexity index is 586. The highest BCUT2D eigenvalue weighted by Gasteiger charge is 2.16. The first-order chi connectivity index (χ1) is 9.61. The second-order valence-electron chi connectivity index (χ2n) is 4.73. The number of hydrogen-bond donors (Lipinski definition) is 1. The summed E-state index contributed by atoms with van der Waals surface area (Å²) in [7, 11) is 1.82. The van der Waals surface area contributed by atoms with Gasteiger partial charge in [-0.15, -0.1) is 0 Å². The molecule has 1 nitrogen and oxygen atoms in total. The quantitative estimate of drug-likeness (QED) is 0.873. The van der Waals surface area contributed by atoms with Gasteiger partial charge in [0.1, 0.15) is 11.6 Å². The molecule has 4 heteroatoms. The maximum absolute atomic E-state index is 13.9. The number of nitrogens with one attached hydrogen (secondary N) is 1. The Kier molecular flexibility index (Phi) is 5.10. The molecular formula is C16H16ClF2N. The second kappa shape index (κ2) is 6.82. The van der Waals surface area contributed by atoms with E-state index in [-0.39, 0.29) is 16.8 Å². The first-order valence-corrected chi connectivity index (χ1v) is 6.82. The molecule has 0 amide bonds. The molecule has 0 aliphatic heterocycles. The van der Waals surface area contributed by atoms with E-state index in [0.29, 0.717) is 18.5 Å². The van der Waals surface area contributed by atoms with Crippen LogP contribution in [0.15, 0.2) is 42.5 Å². The van der Waals surface area contributed by atoms with Gasteiger partial charge in [-0.1, -0.05) is 35.9 Å². The molecule has 0 spiro atoms. The molecule has 2 aromatic rings. The van der Waals surface area contributed by atoms with Crippen molar-refractivity contribution in [2.45, 2.75) is 12.3 Å². The summed E-state index contributed by atoms with van der Waals surface area (Å²) in [5.74, 6) is -0.732. The number of halogens is 3. The van der Waals surface area contributed by atoms with Crippen molar-refractivity contribution in [2.24, 2.45) is 0 Å². The van der Waals surface area contributed by atoms with E-state index in [1.54, 1.807) is 18.2 Å². The Morgan fingerprint density at radius 1 is 1.10 bits per heavy atom. The van der Waals surface area contributed by atoms with Crippen LogP contribution in [0.25, 0.3) is 0 Å². The van der Waals surface area contributed by atoms with Gasteiger partial charge in [0.25, 0.3) is 0 Å². The summed E-state index contributed by atoms with van der Waals surface area (Å²) in [4.78, 5) is 0. The molecule has 0 aliphatic rings. The van der Waals surface area contributed by atoms with Crippen LogP contribution < -0.4 is 5.32 Å². The van der Waals surface area contributed by atoms with Gasteiger partial charge in [-0.25, -0.2) is 8.78 Å². The van der Waals surface area contributed by atoms with Gasteiger partial charge in [0.05, 0.1) is 5.02 Å².